The molecule has 2 atom stereocenters. The number of aliphatic hydroxyl groups excluding tert-OH is 1. The number of ether oxygens (including phenoxy) is 1. The highest BCUT2D eigenvalue weighted by molar-refractivity contribution is 5.81. The molecule has 2 amide bonds. The standard InChI is InChI=1S/C29H57N3O4/c1-7-8-9-10-11-12-13-14-15-16-17-18-19-21-26(33)25(31-27(34)29(2,3)4)24-36-28(35)30-22-20-23-32(5)6/h19,21,25-26,33H,7-18,20,22-24H2,1-6H3,(H,30,35)(H,31,34)/b21-19+/t25-,26+/m0/s1. The van der Waals surface area contributed by atoms with Crippen molar-refractivity contribution in [2.45, 2.75) is 123 Å². The highest BCUT2D eigenvalue weighted by Crippen LogP contribution is 2.15. The minimum Gasteiger partial charge on any atom is -0.447 e. The van der Waals surface area contributed by atoms with E-state index in [9.17, 15) is 14.7 Å². The number of nitrogens with zero attached hydrogens (tertiary/aromatic N) is 1. The van der Waals surface area contributed by atoms with Gasteiger partial charge in [-0.2, -0.15) is 0 Å². The molecular weight excluding hydrogens is 454 g/mol. The van der Waals surface area contributed by atoms with Gasteiger partial charge in [-0.25, -0.2) is 4.79 Å². The summed E-state index contributed by atoms with van der Waals surface area (Å²) in [5.74, 6) is -0.194. The first-order chi connectivity index (χ1) is 17.1. The quantitative estimate of drug-likeness (QED) is 0.134. The summed E-state index contributed by atoms with van der Waals surface area (Å²) in [5, 5.41) is 16.2. The zero-order chi connectivity index (χ0) is 27.2. The molecule has 0 unspecified atom stereocenters. The normalized spacial score (nSPS) is 13.7. The van der Waals surface area contributed by atoms with Crippen LogP contribution in [0.2, 0.25) is 0 Å². The van der Waals surface area contributed by atoms with Crippen molar-refractivity contribution in [3.63, 3.8) is 0 Å². The topological polar surface area (TPSA) is 90.9 Å². The largest absolute Gasteiger partial charge is 0.447 e. The molecule has 0 radical (unpaired) electrons. The molecule has 212 valence electrons. The Kier molecular flexibility index (Phi) is 20.5. The molecule has 0 fully saturated rings. The maximum Gasteiger partial charge on any atom is 0.407 e. The minimum atomic E-state index is -0.925. The lowest BCUT2D eigenvalue weighted by atomic mass is 9.95. The second kappa shape index (κ2) is 21.5. The Morgan fingerprint density at radius 3 is 2.00 bits per heavy atom. The van der Waals surface area contributed by atoms with Crippen molar-refractivity contribution in [1.82, 2.24) is 15.5 Å². The maximum absolute atomic E-state index is 12.5. The summed E-state index contributed by atoms with van der Waals surface area (Å²) in [6.07, 6.45) is 18.2. The molecule has 0 aromatic heterocycles. The molecule has 0 aromatic carbocycles. The number of amides is 2. The lowest BCUT2D eigenvalue weighted by molar-refractivity contribution is -0.130. The Labute approximate surface area is 221 Å². The number of hydrogen-bond acceptors (Lipinski definition) is 5. The van der Waals surface area contributed by atoms with Crippen LogP contribution >= 0.6 is 0 Å². The van der Waals surface area contributed by atoms with Crippen LogP contribution in [0.5, 0.6) is 0 Å². The molecule has 7 nitrogen and oxygen atoms in total. The van der Waals surface area contributed by atoms with Crippen LogP contribution < -0.4 is 10.6 Å². The van der Waals surface area contributed by atoms with Crippen molar-refractivity contribution in [2.75, 3.05) is 33.8 Å². The van der Waals surface area contributed by atoms with Crippen LogP contribution in [0.4, 0.5) is 4.79 Å². The third-order valence-corrected chi connectivity index (χ3v) is 6.16. The van der Waals surface area contributed by atoms with E-state index >= 15 is 0 Å². The molecule has 0 aliphatic rings. The molecule has 0 aliphatic heterocycles. The zero-order valence-electron chi connectivity index (χ0n) is 24.2. The Hall–Kier alpha value is -1.60. The molecule has 3 N–H and O–H groups in total. The van der Waals surface area contributed by atoms with Crippen LogP contribution in [0.3, 0.4) is 0 Å². The third-order valence-electron chi connectivity index (χ3n) is 6.16. The summed E-state index contributed by atoms with van der Waals surface area (Å²) < 4.78 is 5.29. The molecule has 0 aliphatic carbocycles. The predicted octanol–water partition coefficient (Wildman–Crippen LogP) is 5.81. The lowest BCUT2D eigenvalue weighted by Crippen LogP contribution is -2.50. The van der Waals surface area contributed by atoms with E-state index in [0.717, 1.165) is 25.8 Å². The fraction of sp³-hybridized carbons (Fsp3) is 0.862. The first kappa shape index (κ1) is 34.4. The van der Waals surface area contributed by atoms with E-state index < -0.39 is 23.7 Å². The zero-order valence-corrected chi connectivity index (χ0v) is 24.2. The van der Waals surface area contributed by atoms with E-state index in [-0.39, 0.29) is 12.5 Å². The minimum absolute atomic E-state index is 0.0920. The van der Waals surface area contributed by atoms with Crippen LogP contribution in [0.1, 0.15) is 111 Å². The van der Waals surface area contributed by atoms with Crippen molar-refractivity contribution in [3.8, 4) is 0 Å². The number of hydrogen-bond donors (Lipinski definition) is 3. The summed E-state index contributed by atoms with van der Waals surface area (Å²) in [6.45, 7) is 8.98. The molecule has 0 saturated carbocycles. The molecule has 7 heteroatoms. The number of alkyl carbamates (subject to hydrolysis) is 1. The molecule has 0 bridgehead atoms. The highest BCUT2D eigenvalue weighted by atomic mass is 16.5. The fourth-order valence-electron chi connectivity index (χ4n) is 3.71. The van der Waals surface area contributed by atoms with E-state index in [1.807, 2.05) is 45.8 Å². The first-order valence-electron chi connectivity index (χ1n) is 14.3. The number of allylic oxidation sites excluding steroid dienone is 1. The number of carbonyl (C=O) groups is 2. The van der Waals surface area contributed by atoms with Gasteiger partial charge >= 0.3 is 6.09 Å². The highest BCUT2D eigenvalue weighted by Gasteiger charge is 2.27. The third kappa shape index (κ3) is 20.6. The average molecular weight is 512 g/mol. The summed E-state index contributed by atoms with van der Waals surface area (Å²) in [6, 6.07) is -0.696. The van der Waals surface area contributed by atoms with E-state index in [4.69, 9.17) is 4.74 Å². The monoisotopic (exact) mass is 511 g/mol. The number of nitrogens with one attached hydrogen (secondary N) is 2. The Morgan fingerprint density at radius 1 is 0.917 bits per heavy atom. The van der Waals surface area contributed by atoms with Crippen LogP contribution in [-0.2, 0) is 9.53 Å². The van der Waals surface area contributed by atoms with Gasteiger partial charge in [0.25, 0.3) is 0 Å². The number of carbonyl (C=O) groups excluding carboxylic acids is 2. The summed E-state index contributed by atoms with van der Waals surface area (Å²) in [5.41, 5.74) is -0.606. The van der Waals surface area contributed by atoms with Gasteiger partial charge in [0, 0.05) is 12.0 Å². The second-order valence-electron chi connectivity index (χ2n) is 11.3. The van der Waals surface area contributed by atoms with Gasteiger partial charge in [-0.15, -0.1) is 0 Å². The SMILES string of the molecule is CCCCCCCCCCCCC/C=C/[C@@H](O)[C@H](COC(=O)NCCCN(C)C)NC(=O)C(C)(C)C. The summed E-state index contributed by atoms with van der Waals surface area (Å²) in [7, 11) is 3.96. The molecule has 36 heavy (non-hydrogen) atoms. The van der Waals surface area contributed by atoms with Gasteiger partial charge in [-0.05, 0) is 39.9 Å². The lowest BCUT2D eigenvalue weighted by Gasteiger charge is -2.26. The van der Waals surface area contributed by atoms with E-state index in [2.05, 4.69) is 17.6 Å². The van der Waals surface area contributed by atoms with Crippen molar-refractivity contribution in [3.05, 3.63) is 12.2 Å². The maximum atomic E-state index is 12.5. The summed E-state index contributed by atoms with van der Waals surface area (Å²) >= 11 is 0. The molecule has 0 heterocycles. The molecule has 0 aromatic rings. The first-order valence-corrected chi connectivity index (χ1v) is 14.3. The smallest absolute Gasteiger partial charge is 0.407 e. The number of unbranched alkanes of at least 4 members (excludes halogenated alkanes) is 11. The van der Waals surface area contributed by atoms with Gasteiger partial charge in [0.2, 0.25) is 5.91 Å². The van der Waals surface area contributed by atoms with E-state index in [1.165, 1.54) is 64.2 Å². The van der Waals surface area contributed by atoms with Crippen LogP contribution in [-0.4, -0.2) is 67.9 Å². The number of aliphatic hydroxyl groups is 1. The Morgan fingerprint density at radius 2 is 1.47 bits per heavy atom. The Balaban J connectivity index is 4.32. The van der Waals surface area contributed by atoms with Gasteiger partial charge in [0.15, 0.2) is 0 Å². The molecular formula is C29H57N3O4. The average Bonchev–Trinajstić information content (AvgIpc) is 2.81. The van der Waals surface area contributed by atoms with Gasteiger partial charge in [0.1, 0.15) is 6.61 Å². The van der Waals surface area contributed by atoms with Gasteiger partial charge in [-0.1, -0.05) is 104 Å². The van der Waals surface area contributed by atoms with Crippen LogP contribution in [0.15, 0.2) is 12.2 Å². The van der Waals surface area contributed by atoms with Gasteiger partial charge in [-0.3, -0.25) is 4.79 Å². The number of rotatable bonds is 21. The van der Waals surface area contributed by atoms with Crippen molar-refractivity contribution in [1.29, 1.82) is 0 Å². The Bertz CT molecular complexity index is 588. The van der Waals surface area contributed by atoms with Crippen molar-refractivity contribution in [2.24, 2.45) is 5.41 Å². The second-order valence-corrected chi connectivity index (χ2v) is 11.3. The van der Waals surface area contributed by atoms with E-state index in [1.54, 1.807) is 6.08 Å². The van der Waals surface area contributed by atoms with Crippen molar-refractivity contribution < 1.29 is 19.4 Å². The van der Waals surface area contributed by atoms with E-state index in [0.29, 0.717) is 6.54 Å². The predicted molar refractivity (Wildman–Crippen MR) is 150 cm³/mol. The molecule has 0 saturated heterocycles. The van der Waals surface area contributed by atoms with Gasteiger partial charge < -0.3 is 25.4 Å². The van der Waals surface area contributed by atoms with Gasteiger partial charge in [0.05, 0.1) is 12.1 Å². The molecule has 0 spiro atoms. The molecule has 0 rings (SSSR count). The van der Waals surface area contributed by atoms with Crippen LogP contribution in [0.25, 0.3) is 0 Å². The van der Waals surface area contributed by atoms with Crippen molar-refractivity contribution >= 4 is 12.0 Å². The summed E-state index contributed by atoms with van der Waals surface area (Å²) in [4.78, 5) is 26.6. The fourth-order valence-corrected chi connectivity index (χ4v) is 3.71. The van der Waals surface area contributed by atoms with Crippen LogP contribution in [0, 0.1) is 5.41 Å².